The predicted molar refractivity (Wildman–Crippen MR) is 38.1 cm³/mol. The maximum atomic E-state index is 7.13. The Balaban J connectivity index is 3.34. The number of hydrogen-bond acceptors (Lipinski definition) is 2. The molecule has 0 bridgehead atoms. The van der Waals surface area contributed by atoms with Gasteiger partial charge in [-0.05, 0) is 28.1 Å². The first-order valence-electron chi connectivity index (χ1n) is 2.38. The molecule has 9 heavy (non-hydrogen) atoms. The number of hydrogen-bond donors (Lipinski definition) is 2. The van der Waals surface area contributed by atoms with E-state index in [4.69, 9.17) is 11.3 Å². The lowest BCUT2D eigenvalue weighted by Gasteiger charge is -1.96. The Morgan fingerprint density at radius 3 is 2.67 bits per heavy atom. The largest absolute Gasteiger partial charge is 0.338 e. The third kappa shape index (κ3) is 1.32. The van der Waals surface area contributed by atoms with Crippen molar-refractivity contribution in [3.8, 4) is 0 Å². The molecule has 1 aromatic heterocycles. The van der Waals surface area contributed by atoms with Crippen LogP contribution >= 0.6 is 15.9 Å². The molecule has 0 radical (unpaired) electrons. The lowest BCUT2D eigenvalue weighted by molar-refractivity contribution is 0.875. The SMILES string of the molecule is N=c1ccc(Br)cn1N. The highest BCUT2D eigenvalue weighted by molar-refractivity contribution is 9.10. The molecule has 0 aliphatic carbocycles. The van der Waals surface area contributed by atoms with E-state index in [1.807, 2.05) is 0 Å². The molecule has 1 aromatic rings. The van der Waals surface area contributed by atoms with Gasteiger partial charge in [-0.3, -0.25) is 10.1 Å². The summed E-state index contributed by atoms with van der Waals surface area (Å²) in [6.45, 7) is 0. The minimum Gasteiger partial charge on any atom is -0.338 e. The number of halogens is 1. The van der Waals surface area contributed by atoms with Gasteiger partial charge in [-0.1, -0.05) is 0 Å². The van der Waals surface area contributed by atoms with E-state index in [-0.39, 0.29) is 0 Å². The summed E-state index contributed by atoms with van der Waals surface area (Å²) < 4.78 is 2.12. The molecule has 1 heterocycles. The van der Waals surface area contributed by atoms with Gasteiger partial charge in [0.25, 0.3) is 0 Å². The van der Waals surface area contributed by atoms with E-state index in [0.717, 1.165) is 4.47 Å². The predicted octanol–water partition coefficient (Wildman–Crippen LogP) is 0.444. The summed E-state index contributed by atoms with van der Waals surface area (Å²) in [7, 11) is 0. The summed E-state index contributed by atoms with van der Waals surface area (Å²) in [6.07, 6.45) is 1.63. The van der Waals surface area contributed by atoms with Gasteiger partial charge in [-0.2, -0.15) is 0 Å². The van der Waals surface area contributed by atoms with Crippen molar-refractivity contribution in [1.82, 2.24) is 4.68 Å². The van der Waals surface area contributed by atoms with Crippen molar-refractivity contribution in [1.29, 1.82) is 5.41 Å². The number of nitrogen functional groups attached to an aromatic ring is 1. The number of nitrogens with one attached hydrogen (secondary N) is 1. The second kappa shape index (κ2) is 2.23. The highest BCUT2D eigenvalue weighted by Gasteiger charge is 1.85. The van der Waals surface area contributed by atoms with Crippen LogP contribution in [0.2, 0.25) is 0 Å². The van der Waals surface area contributed by atoms with Crippen molar-refractivity contribution >= 4 is 15.9 Å². The molecule has 0 atom stereocenters. The molecule has 0 amide bonds. The normalized spacial score (nSPS) is 9.44. The Labute approximate surface area is 60.7 Å². The molecule has 0 aliphatic rings. The summed E-state index contributed by atoms with van der Waals surface area (Å²) in [5, 5.41) is 7.13. The Bertz CT molecular complexity index is 265. The van der Waals surface area contributed by atoms with Gasteiger partial charge in [-0.15, -0.1) is 0 Å². The summed E-state index contributed by atoms with van der Waals surface area (Å²) in [4.78, 5) is 0. The molecule has 0 aliphatic heterocycles. The monoisotopic (exact) mass is 187 g/mol. The Morgan fingerprint density at radius 2 is 2.22 bits per heavy atom. The van der Waals surface area contributed by atoms with Gasteiger partial charge < -0.3 is 5.84 Å². The summed E-state index contributed by atoms with van der Waals surface area (Å²) in [6, 6.07) is 3.38. The van der Waals surface area contributed by atoms with Gasteiger partial charge in [0, 0.05) is 10.7 Å². The Hall–Kier alpha value is -0.770. The molecule has 0 aromatic carbocycles. The number of aromatic nitrogens is 1. The van der Waals surface area contributed by atoms with E-state index in [0.29, 0.717) is 5.49 Å². The Kier molecular flexibility index (Phi) is 1.57. The molecule has 1 rings (SSSR count). The standard InChI is InChI=1S/C5H6BrN3/c6-4-1-2-5(7)9(8)3-4/h1-3,7H,8H2. The second-order valence-electron chi connectivity index (χ2n) is 1.64. The van der Waals surface area contributed by atoms with Crippen LogP contribution in [0.1, 0.15) is 0 Å². The van der Waals surface area contributed by atoms with E-state index < -0.39 is 0 Å². The van der Waals surface area contributed by atoms with Crippen LogP contribution in [0, 0.1) is 5.41 Å². The first-order chi connectivity index (χ1) is 4.20. The third-order valence-corrected chi connectivity index (χ3v) is 1.41. The minimum atomic E-state index is 0.290. The molecule has 0 saturated heterocycles. The fraction of sp³-hybridized carbons (Fsp3) is 0. The fourth-order valence-electron chi connectivity index (χ4n) is 0.490. The highest BCUT2D eigenvalue weighted by atomic mass is 79.9. The number of nitrogens with zero attached hydrogens (tertiary/aromatic N) is 1. The maximum Gasteiger partial charge on any atom is 0.143 e. The van der Waals surface area contributed by atoms with Crippen molar-refractivity contribution in [2.24, 2.45) is 0 Å². The van der Waals surface area contributed by atoms with Crippen molar-refractivity contribution in [3.63, 3.8) is 0 Å². The average Bonchev–Trinajstić information content (AvgIpc) is 1.80. The van der Waals surface area contributed by atoms with Crippen molar-refractivity contribution in [2.75, 3.05) is 5.84 Å². The quantitative estimate of drug-likeness (QED) is 0.570. The van der Waals surface area contributed by atoms with Gasteiger partial charge in [0.05, 0.1) is 0 Å². The van der Waals surface area contributed by atoms with Crippen LogP contribution in [0.5, 0.6) is 0 Å². The fourth-order valence-corrected chi connectivity index (χ4v) is 0.843. The smallest absolute Gasteiger partial charge is 0.143 e. The van der Waals surface area contributed by atoms with Crippen LogP contribution in [0.3, 0.4) is 0 Å². The number of rotatable bonds is 0. The molecule has 4 heteroatoms. The zero-order valence-electron chi connectivity index (χ0n) is 4.63. The minimum absolute atomic E-state index is 0.290. The Morgan fingerprint density at radius 1 is 1.56 bits per heavy atom. The van der Waals surface area contributed by atoms with Crippen LogP contribution in [0.4, 0.5) is 0 Å². The molecular weight excluding hydrogens is 182 g/mol. The van der Waals surface area contributed by atoms with Crippen LogP contribution in [-0.2, 0) is 0 Å². The number of nitrogens with two attached hydrogens (primary N) is 1. The molecule has 0 fully saturated rings. The van der Waals surface area contributed by atoms with Crippen molar-refractivity contribution in [2.45, 2.75) is 0 Å². The van der Waals surface area contributed by atoms with E-state index in [1.54, 1.807) is 18.3 Å². The molecule has 3 N–H and O–H groups in total. The zero-order chi connectivity index (χ0) is 6.85. The van der Waals surface area contributed by atoms with Crippen LogP contribution in [0.15, 0.2) is 22.8 Å². The molecule has 48 valence electrons. The molecule has 0 spiro atoms. The average molecular weight is 188 g/mol. The van der Waals surface area contributed by atoms with Crippen molar-refractivity contribution < 1.29 is 0 Å². The second-order valence-corrected chi connectivity index (χ2v) is 2.56. The van der Waals surface area contributed by atoms with Gasteiger partial charge >= 0.3 is 0 Å². The molecule has 0 saturated carbocycles. The van der Waals surface area contributed by atoms with Crippen LogP contribution < -0.4 is 11.3 Å². The molecule has 0 unspecified atom stereocenters. The van der Waals surface area contributed by atoms with Gasteiger partial charge in [0.2, 0.25) is 0 Å². The molecular formula is C5H6BrN3. The molecule has 3 nitrogen and oxygen atoms in total. The van der Waals surface area contributed by atoms with Gasteiger partial charge in [0.1, 0.15) is 5.49 Å². The summed E-state index contributed by atoms with van der Waals surface area (Å²) in [5.74, 6) is 5.32. The summed E-state index contributed by atoms with van der Waals surface area (Å²) in [5.41, 5.74) is 0.290. The lowest BCUT2D eigenvalue weighted by atomic mass is 10.5. The lowest BCUT2D eigenvalue weighted by Crippen LogP contribution is -2.25. The first-order valence-corrected chi connectivity index (χ1v) is 3.17. The van der Waals surface area contributed by atoms with Crippen LogP contribution in [-0.4, -0.2) is 4.68 Å². The van der Waals surface area contributed by atoms with E-state index in [9.17, 15) is 0 Å². The van der Waals surface area contributed by atoms with E-state index >= 15 is 0 Å². The maximum absolute atomic E-state index is 7.13. The third-order valence-electron chi connectivity index (χ3n) is 0.941. The van der Waals surface area contributed by atoms with Crippen LogP contribution in [0.25, 0.3) is 0 Å². The van der Waals surface area contributed by atoms with E-state index in [1.165, 1.54) is 4.68 Å². The highest BCUT2D eigenvalue weighted by Crippen LogP contribution is 2.02. The van der Waals surface area contributed by atoms with Crippen molar-refractivity contribution in [3.05, 3.63) is 28.3 Å². The number of pyridine rings is 1. The van der Waals surface area contributed by atoms with E-state index in [2.05, 4.69) is 15.9 Å². The zero-order valence-corrected chi connectivity index (χ0v) is 6.22. The summed E-state index contributed by atoms with van der Waals surface area (Å²) >= 11 is 3.21. The van der Waals surface area contributed by atoms with Gasteiger partial charge in [0.15, 0.2) is 0 Å². The topological polar surface area (TPSA) is 54.8 Å². The first kappa shape index (κ1) is 6.35. The van der Waals surface area contributed by atoms with Gasteiger partial charge in [-0.25, -0.2) is 0 Å².